The summed E-state index contributed by atoms with van der Waals surface area (Å²) in [6.45, 7) is 2.95. The predicted molar refractivity (Wildman–Crippen MR) is 79.4 cm³/mol. The van der Waals surface area contributed by atoms with E-state index in [1.54, 1.807) is 12.1 Å². The highest BCUT2D eigenvalue weighted by Gasteiger charge is 2.61. The third kappa shape index (κ3) is 2.17. The number of rotatable bonds is 2. The molecule has 0 spiro atoms. The first kappa shape index (κ1) is 15.4. The van der Waals surface area contributed by atoms with Gasteiger partial charge < -0.3 is 10.5 Å². The van der Waals surface area contributed by atoms with Gasteiger partial charge in [0.1, 0.15) is 11.4 Å². The van der Waals surface area contributed by atoms with Gasteiger partial charge in [0, 0.05) is 5.56 Å². The molecule has 1 aliphatic heterocycles. The average molecular weight is 308 g/mol. The maximum atomic E-state index is 12.3. The van der Waals surface area contributed by atoms with Crippen LogP contribution in [0.3, 0.4) is 0 Å². The van der Waals surface area contributed by atoms with Crippen molar-refractivity contribution in [2.45, 2.75) is 18.6 Å². The summed E-state index contributed by atoms with van der Waals surface area (Å²) in [7, 11) is -2.33. The minimum atomic E-state index is -3.74. The monoisotopic (exact) mass is 308 g/mol. The van der Waals surface area contributed by atoms with Gasteiger partial charge in [0.2, 0.25) is 0 Å². The minimum absolute atomic E-state index is 0.172. The number of methoxy groups -OCH3 is 1. The van der Waals surface area contributed by atoms with E-state index in [1.807, 2.05) is 0 Å². The van der Waals surface area contributed by atoms with Crippen LogP contribution in [0.15, 0.2) is 18.2 Å². The molecule has 1 aromatic rings. The Morgan fingerprint density at radius 3 is 2.57 bits per heavy atom. The number of benzene rings is 1. The SMILES string of the molecule is COc1ccc(C#CCN)cc1N1C(=O)C(C)(C)S1(=O)=O. The number of nitrogens with zero attached hydrogens (tertiary/aromatic N) is 1. The van der Waals surface area contributed by atoms with Gasteiger partial charge in [-0.2, -0.15) is 0 Å². The number of carbonyl (C=O) groups excluding carboxylic acids is 1. The molecule has 0 bridgehead atoms. The molecule has 21 heavy (non-hydrogen) atoms. The topological polar surface area (TPSA) is 89.7 Å². The molecule has 0 atom stereocenters. The molecule has 6 nitrogen and oxygen atoms in total. The normalized spacial score (nSPS) is 18.5. The van der Waals surface area contributed by atoms with Gasteiger partial charge >= 0.3 is 0 Å². The lowest BCUT2D eigenvalue weighted by molar-refractivity contribution is -0.120. The fourth-order valence-electron chi connectivity index (χ4n) is 1.97. The van der Waals surface area contributed by atoms with Crippen molar-refractivity contribution in [1.29, 1.82) is 0 Å². The van der Waals surface area contributed by atoms with E-state index in [9.17, 15) is 13.2 Å². The molecule has 112 valence electrons. The quantitative estimate of drug-likeness (QED) is 0.802. The zero-order valence-corrected chi connectivity index (χ0v) is 12.8. The summed E-state index contributed by atoms with van der Waals surface area (Å²) in [6.07, 6.45) is 0. The van der Waals surface area contributed by atoms with Crippen molar-refractivity contribution in [2.24, 2.45) is 5.73 Å². The van der Waals surface area contributed by atoms with Crippen LogP contribution in [-0.4, -0.2) is 32.7 Å². The Morgan fingerprint density at radius 1 is 1.38 bits per heavy atom. The third-order valence-electron chi connectivity index (χ3n) is 3.32. The summed E-state index contributed by atoms with van der Waals surface area (Å²) in [5, 5.41) is 0. The van der Waals surface area contributed by atoms with Crippen molar-refractivity contribution in [3.8, 4) is 17.6 Å². The number of ether oxygens (including phenoxy) is 1. The number of nitrogens with two attached hydrogens (primary N) is 1. The van der Waals surface area contributed by atoms with Gasteiger partial charge in [-0.1, -0.05) is 11.8 Å². The maximum absolute atomic E-state index is 12.3. The van der Waals surface area contributed by atoms with Crippen molar-refractivity contribution in [3.05, 3.63) is 23.8 Å². The van der Waals surface area contributed by atoms with E-state index >= 15 is 0 Å². The first-order valence-electron chi connectivity index (χ1n) is 6.23. The van der Waals surface area contributed by atoms with Crippen LogP contribution >= 0.6 is 0 Å². The number of hydrogen-bond acceptors (Lipinski definition) is 5. The van der Waals surface area contributed by atoms with E-state index in [-0.39, 0.29) is 12.2 Å². The first-order valence-corrected chi connectivity index (χ1v) is 7.67. The highest BCUT2D eigenvalue weighted by molar-refractivity contribution is 7.98. The molecule has 7 heteroatoms. The fourth-order valence-corrected chi connectivity index (χ4v) is 3.46. The summed E-state index contributed by atoms with van der Waals surface area (Å²) < 4.78 is 29.0. The molecular weight excluding hydrogens is 292 g/mol. The predicted octanol–water partition coefficient (Wildman–Crippen LogP) is 0.460. The second kappa shape index (κ2) is 5.06. The second-order valence-electron chi connectivity index (χ2n) is 4.98. The number of hydrogen-bond donors (Lipinski definition) is 1. The molecule has 0 saturated carbocycles. The van der Waals surface area contributed by atoms with Crippen molar-refractivity contribution >= 4 is 21.6 Å². The molecule has 0 unspecified atom stereocenters. The smallest absolute Gasteiger partial charge is 0.263 e. The van der Waals surface area contributed by atoms with Crippen LogP contribution in [0, 0.1) is 11.8 Å². The van der Waals surface area contributed by atoms with E-state index < -0.39 is 20.7 Å². The first-order chi connectivity index (χ1) is 9.77. The molecule has 1 fully saturated rings. The van der Waals surface area contributed by atoms with Gasteiger partial charge in [-0.3, -0.25) is 4.79 Å². The summed E-state index contributed by atoms with van der Waals surface area (Å²) in [5.74, 6) is 5.27. The second-order valence-corrected chi connectivity index (χ2v) is 7.31. The Morgan fingerprint density at radius 2 is 2.05 bits per heavy atom. The van der Waals surface area contributed by atoms with Crippen molar-refractivity contribution < 1.29 is 17.9 Å². The lowest BCUT2D eigenvalue weighted by Gasteiger charge is -2.43. The molecule has 2 N–H and O–H groups in total. The Kier molecular flexibility index (Phi) is 3.70. The maximum Gasteiger partial charge on any atom is 0.263 e. The van der Waals surface area contributed by atoms with E-state index in [2.05, 4.69) is 11.8 Å². The van der Waals surface area contributed by atoms with Gasteiger partial charge in [-0.05, 0) is 32.0 Å². The summed E-state index contributed by atoms with van der Waals surface area (Å²) >= 11 is 0. The molecular formula is C14H16N2O4S. The largest absolute Gasteiger partial charge is 0.495 e. The minimum Gasteiger partial charge on any atom is -0.495 e. The molecule has 1 heterocycles. The lowest BCUT2D eigenvalue weighted by Crippen LogP contribution is -2.67. The van der Waals surface area contributed by atoms with Crippen molar-refractivity contribution in [3.63, 3.8) is 0 Å². The highest BCUT2D eigenvalue weighted by Crippen LogP contribution is 2.43. The Balaban J connectivity index is 2.56. The van der Waals surface area contributed by atoms with Crippen LogP contribution in [-0.2, 0) is 14.8 Å². The van der Waals surface area contributed by atoms with Crippen LogP contribution in [0.4, 0.5) is 5.69 Å². The zero-order valence-electron chi connectivity index (χ0n) is 12.0. The number of amides is 1. The third-order valence-corrected chi connectivity index (χ3v) is 5.62. The summed E-state index contributed by atoms with van der Waals surface area (Å²) in [5.41, 5.74) is 6.04. The van der Waals surface area contributed by atoms with E-state index in [0.29, 0.717) is 11.3 Å². The van der Waals surface area contributed by atoms with Crippen LogP contribution in [0.1, 0.15) is 19.4 Å². The molecule has 1 saturated heterocycles. The van der Waals surface area contributed by atoms with Crippen LogP contribution < -0.4 is 14.8 Å². The van der Waals surface area contributed by atoms with Crippen LogP contribution in [0.2, 0.25) is 0 Å². The molecule has 1 amide bonds. The van der Waals surface area contributed by atoms with Crippen LogP contribution in [0.25, 0.3) is 0 Å². The Labute approximate surface area is 123 Å². The number of carbonyl (C=O) groups is 1. The molecule has 0 radical (unpaired) electrons. The summed E-state index contributed by atoms with van der Waals surface area (Å²) in [4.78, 5) is 12.1. The van der Waals surface area contributed by atoms with Gasteiger partial charge in [0.25, 0.3) is 15.9 Å². The number of anilines is 1. The zero-order chi connectivity index (χ0) is 15.8. The van der Waals surface area contributed by atoms with E-state index in [0.717, 1.165) is 4.31 Å². The van der Waals surface area contributed by atoms with Gasteiger partial charge in [0.15, 0.2) is 4.75 Å². The van der Waals surface area contributed by atoms with Gasteiger partial charge in [0.05, 0.1) is 13.7 Å². The van der Waals surface area contributed by atoms with Crippen molar-refractivity contribution in [2.75, 3.05) is 18.0 Å². The van der Waals surface area contributed by atoms with Crippen LogP contribution in [0.5, 0.6) is 5.75 Å². The molecule has 0 aromatic heterocycles. The van der Waals surface area contributed by atoms with Crippen molar-refractivity contribution in [1.82, 2.24) is 0 Å². The fraction of sp³-hybridized carbons (Fsp3) is 0.357. The highest BCUT2D eigenvalue weighted by atomic mass is 32.2. The van der Waals surface area contributed by atoms with Gasteiger partial charge in [-0.15, -0.1) is 0 Å². The Bertz CT molecular complexity index is 757. The Hall–Kier alpha value is -2.04. The molecule has 1 aliphatic rings. The molecule has 0 aliphatic carbocycles. The lowest BCUT2D eigenvalue weighted by atomic mass is 10.1. The van der Waals surface area contributed by atoms with Gasteiger partial charge in [-0.25, -0.2) is 12.7 Å². The molecule has 1 aromatic carbocycles. The van der Waals surface area contributed by atoms with E-state index in [4.69, 9.17) is 10.5 Å². The number of sulfonamides is 1. The summed E-state index contributed by atoms with van der Waals surface area (Å²) in [6, 6.07) is 4.75. The average Bonchev–Trinajstić information content (AvgIpc) is 2.45. The van der Waals surface area contributed by atoms with E-state index in [1.165, 1.54) is 27.0 Å². The molecule has 2 rings (SSSR count). The standard InChI is InChI=1S/C14H16N2O4S/c1-14(2)13(17)16(21(14,18)19)11-9-10(5-4-8-15)6-7-12(11)20-3/h6-7,9H,8,15H2,1-3H3.